The zero-order valence-corrected chi connectivity index (χ0v) is 14.2. The molecule has 130 valence electrons. The summed E-state index contributed by atoms with van der Waals surface area (Å²) in [6, 6.07) is 5.74. The zero-order valence-electron chi connectivity index (χ0n) is 14.2. The molecule has 0 radical (unpaired) electrons. The highest BCUT2D eigenvalue weighted by Crippen LogP contribution is 2.29. The number of benzene rings is 1. The lowest BCUT2D eigenvalue weighted by molar-refractivity contribution is -0.123. The molecule has 1 aromatic rings. The largest absolute Gasteiger partial charge is 0.354 e. The van der Waals surface area contributed by atoms with Crippen molar-refractivity contribution in [1.82, 2.24) is 10.2 Å². The second-order valence-corrected chi connectivity index (χ2v) is 6.48. The molecule has 2 heterocycles. The Kier molecular flexibility index (Phi) is 5.49. The highest BCUT2D eigenvalue weighted by Gasteiger charge is 2.35. The van der Waals surface area contributed by atoms with E-state index in [0.717, 1.165) is 42.2 Å². The highest BCUT2D eigenvalue weighted by molar-refractivity contribution is 5.99. The number of nitrogens with zero attached hydrogens (tertiary/aromatic N) is 1. The van der Waals surface area contributed by atoms with Crippen molar-refractivity contribution >= 4 is 18.1 Å². The molecule has 2 aliphatic rings. The number of aldehydes is 1. The molecule has 0 saturated carbocycles. The van der Waals surface area contributed by atoms with Gasteiger partial charge >= 0.3 is 0 Å². The normalized spacial score (nSPS) is 19.0. The Bertz CT molecular complexity index is 735. The number of carbonyl (C=O) groups is 3. The maximum atomic E-state index is 12.7. The Morgan fingerprint density at radius 1 is 1.28 bits per heavy atom. The standard InChI is InChI=1S/C20H22N2O3/c23-12-5-3-1-2-4-7-15-8-6-9-17-18(15)14-22(20(17)25)16-10-11-19(24)21-13-16/h6,8-9,12,16H,1-3,5,10-11,13-14H2,(H,21,24). The Balaban J connectivity index is 1.69. The van der Waals surface area contributed by atoms with Gasteiger partial charge in [0.25, 0.3) is 5.91 Å². The van der Waals surface area contributed by atoms with Crippen LogP contribution in [0.4, 0.5) is 0 Å². The number of nitrogens with one attached hydrogen (secondary N) is 1. The molecule has 25 heavy (non-hydrogen) atoms. The summed E-state index contributed by atoms with van der Waals surface area (Å²) in [7, 11) is 0. The summed E-state index contributed by atoms with van der Waals surface area (Å²) >= 11 is 0. The van der Waals surface area contributed by atoms with E-state index < -0.39 is 0 Å². The maximum Gasteiger partial charge on any atom is 0.254 e. The second kappa shape index (κ2) is 7.98. The van der Waals surface area contributed by atoms with Crippen molar-refractivity contribution in [3.8, 4) is 11.8 Å². The quantitative estimate of drug-likeness (QED) is 0.507. The first-order chi connectivity index (χ1) is 12.2. The molecule has 5 nitrogen and oxygen atoms in total. The fourth-order valence-electron chi connectivity index (χ4n) is 3.35. The molecule has 0 bridgehead atoms. The Morgan fingerprint density at radius 2 is 2.16 bits per heavy atom. The summed E-state index contributed by atoms with van der Waals surface area (Å²) in [5.74, 6) is 6.43. The third-order valence-electron chi connectivity index (χ3n) is 4.77. The first-order valence-electron chi connectivity index (χ1n) is 8.82. The van der Waals surface area contributed by atoms with Gasteiger partial charge in [0.05, 0.1) is 6.04 Å². The molecule has 1 fully saturated rings. The molecule has 2 amide bonds. The van der Waals surface area contributed by atoms with Gasteiger partial charge in [0.15, 0.2) is 0 Å². The van der Waals surface area contributed by atoms with Gasteiger partial charge in [-0.3, -0.25) is 9.59 Å². The van der Waals surface area contributed by atoms with Gasteiger partial charge in [0.1, 0.15) is 6.29 Å². The van der Waals surface area contributed by atoms with E-state index in [9.17, 15) is 14.4 Å². The number of hydrogen-bond acceptors (Lipinski definition) is 3. The minimum Gasteiger partial charge on any atom is -0.354 e. The molecule has 1 atom stereocenters. The Hall–Kier alpha value is -2.61. The van der Waals surface area contributed by atoms with Crippen LogP contribution in [0.2, 0.25) is 0 Å². The average Bonchev–Trinajstić information content (AvgIpc) is 2.96. The monoisotopic (exact) mass is 338 g/mol. The van der Waals surface area contributed by atoms with E-state index in [0.29, 0.717) is 32.4 Å². The van der Waals surface area contributed by atoms with Crippen molar-refractivity contribution in [2.75, 3.05) is 6.54 Å². The number of hydrogen-bond donors (Lipinski definition) is 1. The highest BCUT2D eigenvalue weighted by atomic mass is 16.2. The summed E-state index contributed by atoms with van der Waals surface area (Å²) in [5, 5.41) is 2.84. The second-order valence-electron chi connectivity index (χ2n) is 6.48. The number of unbranched alkanes of at least 4 members (excludes halogenated alkanes) is 3. The average molecular weight is 338 g/mol. The van der Waals surface area contributed by atoms with Crippen molar-refractivity contribution in [3.05, 3.63) is 34.9 Å². The predicted octanol–water partition coefficient (Wildman–Crippen LogP) is 2.03. The summed E-state index contributed by atoms with van der Waals surface area (Å²) in [6.45, 7) is 1.08. The first-order valence-corrected chi connectivity index (χ1v) is 8.82. The lowest BCUT2D eigenvalue weighted by Gasteiger charge is -2.31. The van der Waals surface area contributed by atoms with E-state index in [1.807, 2.05) is 23.1 Å². The third kappa shape index (κ3) is 3.90. The summed E-state index contributed by atoms with van der Waals surface area (Å²) in [5.41, 5.74) is 2.62. The fourth-order valence-corrected chi connectivity index (χ4v) is 3.35. The molecule has 1 aromatic carbocycles. The van der Waals surface area contributed by atoms with Crippen LogP contribution < -0.4 is 5.32 Å². The molecule has 1 saturated heterocycles. The van der Waals surface area contributed by atoms with Crippen molar-refractivity contribution in [2.45, 2.75) is 51.1 Å². The van der Waals surface area contributed by atoms with Gasteiger partial charge in [-0.25, -0.2) is 0 Å². The van der Waals surface area contributed by atoms with E-state index >= 15 is 0 Å². The Morgan fingerprint density at radius 3 is 2.92 bits per heavy atom. The fraction of sp³-hybridized carbons (Fsp3) is 0.450. The SMILES string of the molecule is O=CCCCCC#Cc1cccc2c1CN(C1CCC(=O)NC1)C2=O. The van der Waals surface area contributed by atoms with Crippen LogP contribution in [0.15, 0.2) is 18.2 Å². The van der Waals surface area contributed by atoms with Crippen LogP contribution in [0, 0.1) is 11.8 Å². The van der Waals surface area contributed by atoms with Crippen LogP contribution in [0.5, 0.6) is 0 Å². The van der Waals surface area contributed by atoms with Crippen LogP contribution in [0.1, 0.15) is 60.0 Å². The van der Waals surface area contributed by atoms with Crippen LogP contribution in [0.3, 0.4) is 0 Å². The molecule has 1 N–H and O–H groups in total. The number of carbonyl (C=O) groups excluding carboxylic acids is 3. The Labute approximate surface area is 147 Å². The molecule has 2 aliphatic heterocycles. The van der Waals surface area contributed by atoms with Crippen molar-refractivity contribution in [3.63, 3.8) is 0 Å². The summed E-state index contributed by atoms with van der Waals surface area (Å²) in [6.07, 6.45) is 5.24. The molecule has 1 unspecified atom stereocenters. The zero-order chi connectivity index (χ0) is 17.6. The van der Waals surface area contributed by atoms with Crippen LogP contribution >= 0.6 is 0 Å². The lowest BCUT2D eigenvalue weighted by atomic mass is 10.0. The van der Waals surface area contributed by atoms with E-state index in [-0.39, 0.29) is 17.9 Å². The topological polar surface area (TPSA) is 66.5 Å². The number of amides is 2. The van der Waals surface area contributed by atoms with Crippen LogP contribution in [-0.4, -0.2) is 35.6 Å². The molecule has 0 spiro atoms. The van der Waals surface area contributed by atoms with E-state index in [1.165, 1.54) is 0 Å². The van der Waals surface area contributed by atoms with Gasteiger partial charge in [0.2, 0.25) is 5.91 Å². The minimum absolute atomic E-state index is 0.0331. The van der Waals surface area contributed by atoms with Crippen molar-refractivity contribution in [2.24, 2.45) is 0 Å². The molecule has 5 heteroatoms. The maximum absolute atomic E-state index is 12.7. The molecular weight excluding hydrogens is 316 g/mol. The number of piperidine rings is 1. The minimum atomic E-state index is 0.0331. The van der Waals surface area contributed by atoms with Gasteiger partial charge in [-0.1, -0.05) is 17.9 Å². The summed E-state index contributed by atoms with van der Waals surface area (Å²) in [4.78, 5) is 36.2. The smallest absolute Gasteiger partial charge is 0.254 e. The van der Waals surface area contributed by atoms with Crippen molar-refractivity contribution in [1.29, 1.82) is 0 Å². The molecule has 0 aromatic heterocycles. The molecule has 3 rings (SSSR count). The predicted molar refractivity (Wildman–Crippen MR) is 93.8 cm³/mol. The van der Waals surface area contributed by atoms with E-state index in [4.69, 9.17) is 0 Å². The van der Waals surface area contributed by atoms with Crippen molar-refractivity contribution < 1.29 is 14.4 Å². The van der Waals surface area contributed by atoms with Crippen LogP contribution in [-0.2, 0) is 16.1 Å². The summed E-state index contributed by atoms with van der Waals surface area (Å²) < 4.78 is 0. The van der Waals surface area contributed by atoms with Gasteiger partial charge in [-0.2, -0.15) is 0 Å². The lowest BCUT2D eigenvalue weighted by Crippen LogP contribution is -2.48. The number of fused-ring (bicyclic) bond motifs is 1. The first kappa shape index (κ1) is 17.2. The third-order valence-corrected chi connectivity index (χ3v) is 4.77. The number of rotatable bonds is 5. The van der Waals surface area contributed by atoms with Gasteiger partial charge in [0, 0.05) is 43.5 Å². The molecule has 0 aliphatic carbocycles. The van der Waals surface area contributed by atoms with Gasteiger partial charge < -0.3 is 15.0 Å². The van der Waals surface area contributed by atoms with E-state index in [1.54, 1.807) is 0 Å². The van der Waals surface area contributed by atoms with E-state index in [2.05, 4.69) is 17.2 Å². The van der Waals surface area contributed by atoms with Gasteiger partial charge in [-0.05, 0) is 37.0 Å². The molecular formula is C20H22N2O3. The van der Waals surface area contributed by atoms with Gasteiger partial charge in [-0.15, -0.1) is 0 Å². The van der Waals surface area contributed by atoms with Crippen LogP contribution in [0.25, 0.3) is 0 Å².